The monoisotopic (exact) mass is 328 g/mol. The predicted octanol–water partition coefficient (Wildman–Crippen LogP) is 3.78. The zero-order valence-electron chi connectivity index (χ0n) is 14.4. The maximum atomic E-state index is 11.5. The molecule has 3 heteroatoms. The lowest BCUT2D eigenvalue weighted by molar-refractivity contribution is -0.145. The summed E-state index contributed by atoms with van der Waals surface area (Å²) in [7, 11) is 0. The first kappa shape index (κ1) is 20.1. The van der Waals surface area contributed by atoms with Crippen LogP contribution in [0.3, 0.4) is 0 Å². The molecule has 3 nitrogen and oxygen atoms in total. The predicted molar refractivity (Wildman–Crippen MR) is 96.9 cm³/mol. The van der Waals surface area contributed by atoms with Gasteiger partial charge in [0.05, 0.1) is 12.5 Å². The lowest BCUT2D eigenvalue weighted by atomic mass is 9.97. The lowest BCUT2D eigenvalue weighted by Crippen LogP contribution is -2.10. The van der Waals surface area contributed by atoms with Gasteiger partial charge in [-0.1, -0.05) is 43.3 Å². The maximum Gasteiger partial charge on any atom is 0.309 e. The number of allylic oxidation sites excluding steroid dienone is 3. The molecule has 0 radical (unpaired) electrons. The van der Waals surface area contributed by atoms with E-state index in [1.54, 1.807) is 0 Å². The third-order valence-corrected chi connectivity index (χ3v) is 3.94. The van der Waals surface area contributed by atoms with E-state index >= 15 is 0 Å². The number of aliphatic hydroxyl groups excluding tert-OH is 1. The number of rotatable bonds is 10. The molecule has 0 aromatic rings. The second-order valence-corrected chi connectivity index (χ2v) is 5.97. The maximum absolute atomic E-state index is 11.5. The van der Waals surface area contributed by atoms with E-state index in [-0.39, 0.29) is 24.6 Å². The van der Waals surface area contributed by atoms with Gasteiger partial charge in [0.15, 0.2) is 0 Å². The molecule has 0 spiro atoms. The fourth-order valence-corrected chi connectivity index (χ4v) is 2.58. The average Bonchev–Trinajstić information content (AvgIpc) is 2.95. The third-order valence-electron chi connectivity index (χ3n) is 3.94. The van der Waals surface area contributed by atoms with Crippen LogP contribution in [0.15, 0.2) is 24.8 Å². The molecular formula is C21H28O3. The molecular weight excluding hydrogens is 300 g/mol. The van der Waals surface area contributed by atoms with Crippen LogP contribution in [-0.4, -0.2) is 23.8 Å². The van der Waals surface area contributed by atoms with E-state index in [2.05, 4.69) is 36.3 Å². The van der Waals surface area contributed by atoms with E-state index in [4.69, 9.17) is 9.84 Å². The Morgan fingerprint density at radius 2 is 2.04 bits per heavy atom. The van der Waals surface area contributed by atoms with Gasteiger partial charge in [-0.05, 0) is 50.0 Å². The summed E-state index contributed by atoms with van der Waals surface area (Å²) >= 11 is 0. The Balaban J connectivity index is 1.98. The summed E-state index contributed by atoms with van der Waals surface area (Å²) in [6.07, 6.45) is 14.3. The second kappa shape index (κ2) is 13.5. The quantitative estimate of drug-likeness (QED) is 0.287. The molecule has 0 aliphatic carbocycles. The van der Waals surface area contributed by atoms with E-state index in [9.17, 15) is 4.79 Å². The summed E-state index contributed by atoms with van der Waals surface area (Å²) in [6, 6.07) is 0. The van der Waals surface area contributed by atoms with Gasteiger partial charge in [-0.25, -0.2) is 0 Å². The van der Waals surface area contributed by atoms with Crippen molar-refractivity contribution in [2.75, 3.05) is 6.61 Å². The van der Waals surface area contributed by atoms with Crippen LogP contribution in [0, 0.1) is 29.6 Å². The van der Waals surface area contributed by atoms with Crippen LogP contribution in [0.5, 0.6) is 0 Å². The number of esters is 1. The minimum absolute atomic E-state index is 0.00934. The van der Waals surface area contributed by atoms with Crippen LogP contribution in [-0.2, 0) is 9.53 Å². The van der Waals surface area contributed by atoms with Crippen molar-refractivity contribution in [1.82, 2.24) is 0 Å². The van der Waals surface area contributed by atoms with Crippen LogP contribution < -0.4 is 0 Å². The van der Waals surface area contributed by atoms with Crippen molar-refractivity contribution in [2.45, 2.75) is 63.9 Å². The Kier molecular flexibility index (Phi) is 11.3. The minimum atomic E-state index is -0.277. The van der Waals surface area contributed by atoms with Crippen molar-refractivity contribution >= 4 is 5.97 Å². The van der Waals surface area contributed by atoms with Crippen molar-refractivity contribution in [3.8, 4) is 23.7 Å². The zero-order valence-corrected chi connectivity index (χ0v) is 14.4. The molecule has 24 heavy (non-hydrogen) atoms. The van der Waals surface area contributed by atoms with Gasteiger partial charge in [0.25, 0.3) is 0 Å². The Hall–Kier alpha value is -1.97. The SMILES string of the molecule is C=CCCC#CC#CC=CCCCCCCC1CC(CO)OC1=O. The molecule has 1 aliphatic heterocycles. The number of ether oxygens (including phenoxy) is 1. The summed E-state index contributed by atoms with van der Waals surface area (Å²) in [5, 5.41) is 8.99. The first-order chi connectivity index (χ1) is 11.8. The van der Waals surface area contributed by atoms with E-state index in [0.29, 0.717) is 6.42 Å². The Morgan fingerprint density at radius 3 is 2.79 bits per heavy atom. The van der Waals surface area contributed by atoms with Crippen molar-refractivity contribution < 1.29 is 14.6 Å². The zero-order chi connectivity index (χ0) is 17.5. The molecule has 0 amide bonds. The van der Waals surface area contributed by atoms with Gasteiger partial charge in [-0.2, -0.15) is 0 Å². The summed E-state index contributed by atoms with van der Waals surface area (Å²) < 4.78 is 5.07. The lowest BCUT2D eigenvalue weighted by Gasteiger charge is -2.04. The molecule has 130 valence electrons. The van der Waals surface area contributed by atoms with Crippen molar-refractivity contribution in [3.05, 3.63) is 24.8 Å². The van der Waals surface area contributed by atoms with E-state index in [1.165, 1.54) is 0 Å². The molecule has 2 unspecified atom stereocenters. The summed E-state index contributed by atoms with van der Waals surface area (Å²) in [6.45, 7) is 3.58. The van der Waals surface area contributed by atoms with Gasteiger partial charge < -0.3 is 9.84 Å². The summed E-state index contributed by atoms with van der Waals surface area (Å²) in [4.78, 5) is 11.5. The normalized spacial score (nSPS) is 19.3. The smallest absolute Gasteiger partial charge is 0.309 e. The van der Waals surface area contributed by atoms with Crippen molar-refractivity contribution in [1.29, 1.82) is 0 Å². The van der Waals surface area contributed by atoms with Crippen LogP contribution >= 0.6 is 0 Å². The molecule has 0 bridgehead atoms. The molecule has 1 fully saturated rings. The largest absolute Gasteiger partial charge is 0.460 e. The Morgan fingerprint density at radius 1 is 1.21 bits per heavy atom. The number of cyclic esters (lactones) is 1. The van der Waals surface area contributed by atoms with Gasteiger partial charge in [0, 0.05) is 6.42 Å². The molecule has 1 rings (SSSR count). The van der Waals surface area contributed by atoms with E-state index < -0.39 is 0 Å². The summed E-state index contributed by atoms with van der Waals surface area (Å²) in [5.41, 5.74) is 0. The fraction of sp³-hybridized carbons (Fsp3) is 0.571. The Bertz CT molecular complexity index is 525. The highest BCUT2D eigenvalue weighted by molar-refractivity contribution is 5.74. The number of hydrogen-bond donors (Lipinski definition) is 1. The van der Waals surface area contributed by atoms with E-state index in [0.717, 1.165) is 51.4 Å². The van der Waals surface area contributed by atoms with Crippen molar-refractivity contribution in [3.63, 3.8) is 0 Å². The second-order valence-electron chi connectivity index (χ2n) is 5.97. The first-order valence-electron chi connectivity index (χ1n) is 8.83. The highest BCUT2D eigenvalue weighted by Gasteiger charge is 2.33. The number of carbonyl (C=O) groups excluding carboxylic acids is 1. The summed E-state index contributed by atoms with van der Waals surface area (Å²) in [5.74, 6) is 11.4. The van der Waals surface area contributed by atoms with Gasteiger partial charge in [-0.15, -0.1) is 6.58 Å². The van der Waals surface area contributed by atoms with Crippen LogP contribution in [0.2, 0.25) is 0 Å². The molecule has 2 atom stereocenters. The van der Waals surface area contributed by atoms with Crippen LogP contribution in [0.25, 0.3) is 0 Å². The van der Waals surface area contributed by atoms with Crippen LogP contribution in [0.4, 0.5) is 0 Å². The minimum Gasteiger partial charge on any atom is -0.460 e. The topological polar surface area (TPSA) is 46.5 Å². The molecule has 1 saturated heterocycles. The fourth-order valence-electron chi connectivity index (χ4n) is 2.58. The number of aliphatic hydroxyl groups is 1. The molecule has 0 aromatic carbocycles. The molecule has 1 aliphatic rings. The van der Waals surface area contributed by atoms with E-state index in [1.807, 2.05) is 12.2 Å². The van der Waals surface area contributed by atoms with Gasteiger partial charge >= 0.3 is 5.97 Å². The van der Waals surface area contributed by atoms with Crippen LogP contribution in [0.1, 0.15) is 57.8 Å². The molecule has 1 N–H and O–H groups in total. The third kappa shape index (κ3) is 9.23. The average molecular weight is 328 g/mol. The highest BCUT2D eigenvalue weighted by Crippen LogP contribution is 2.26. The first-order valence-corrected chi connectivity index (χ1v) is 8.83. The molecule has 0 aromatic heterocycles. The Labute approximate surface area is 146 Å². The van der Waals surface area contributed by atoms with Gasteiger partial charge in [-0.3, -0.25) is 4.79 Å². The highest BCUT2D eigenvalue weighted by atomic mass is 16.6. The number of unbranched alkanes of at least 4 members (excludes halogenated alkanes) is 5. The number of hydrogen-bond acceptors (Lipinski definition) is 3. The number of carbonyl (C=O) groups is 1. The van der Waals surface area contributed by atoms with Crippen molar-refractivity contribution in [2.24, 2.45) is 5.92 Å². The molecule has 0 saturated carbocycles. The standard InChI is InChI=1S/C21H28O3/c1-2-3-4-5-6-7-8-9-10-11-12-13-14-15-16-19-17-20(18-22)24-21(19)23/h2,9-10,19-20,22H,1,3-4,11-18H2. The van der Waals surface area contributed by atoms with Gasteiger partial charge in [0.1, 0.15) is 6.10 Å². The molecule has 1 heterocycles. The van der Waals surface area contributed by atoms with Gasteiger partial charge in [0.2, 0.25) is 0 Å².